The molecule has 16 heavy (non-hydrogen) atoms. The Morgan fingerprint density at radius 1 is 1.50 bits per heavy atom. The molecule has 0 saturated carbocycles. The third-order valence-corrected chi connectivity index (χ3v) is 2.68. The summed E-state index contributed by atoms with van der Waals surface area (Å²) in [6.45, 7) is 5.12. The Kier molecular flexibility index (Phi) is 6.04. The maximum atomic E-state index is 5.22. The van der Waals surface area contributed by atoms with Crippen molar-refractivity contribution in [3.63, 3.8) is 0 Å². The summed E-state index contributed by atoms with van der Waals surface area (Å²) < 4.78 is 5.22. The smallest absolute Gasteiger partial charge is 0.0616 e. The van der Waals surface area contributed by atoms with E-state index >= 15 is 0 Å². The van der Waals surface area contributed by atoms with Crippen molar-refractivity contribution in [3.05, 3.63) is 30.1 Å². The van der Waals surface area contributed by atoms with Gasteiger partial charge in [-0.15, -0.1) is 0 Å². The van der Waals surface area contributed by atoms with Crippen LogP contribution < -0.4 is 5.32 Å². The minimum atomic E-state index is 0.320. The van der Waals surface area contributed by atoms with Crippen LogP contribution in [-0.4, -0.2) is 24.7 Å². The Balaban J connectivity index is 2.50. The molecule has 0 saturated heterocycles. The number of rotatable bonds is 7. The van der Waals surface area contributed by atoms with E-state index in [1.165, 1.54) is 12.0 Å². The van der Waals surface area contributed by atoms with Gasteiger partial charge in [-0.3, -0.25) is 4.98 Å². The highest BCUT2D eigenvalue weighted by Crippen LogP contribution is 2.12. The van der Waals surface area contributed by atoms with Gasteiger partial charge in [-0.25, -0.2) is 0 Å². The number of methoxy groups -OCH3 is 1. The van der Waals surface area contributed by atoms with Crippen molar-refractivity contribution in [1.29, 1.82) is 0 Å². The van der Waals surface area contributed by atoms with Gasteiger partial charge in [0.2, 0.25) is 0 Å². The van der Waals surface area contributed by atoms with Gasteiger partial charge in [0, 0.05) is 31.6 Å². The fourth-order valence-electron chi connectivity index (χ4n) is 1.85. The Morgan fingerprint density at radius 2 is 2.31 bits per heavy atom. The Morgan fingerprint density at radius 3 is 2.88 bits per heavy atom. The van der Waals surface area contributed by atoms with Crippen LogP contribution in [0.15, 0.2) is 24.5 Å². The molecular formula is C13H22N2O. The minimum Gasteiger partial charge on any atom is -0.383 e. The van der Waals surface area contributed by atoms with E-state index in [4.69, 9.17) is 4.74 Å². The standard InChI is InChI=1S/C13H22N2O/c1-4-6-13(10-16-3)15-11(2)12-7-5-8-14-9-12/h5,7-9,11,13,15H,4,6,10H2,1-3H3. The molecule has 0 radical (unpaired) electrons. The SMILES string of the molecule is CCCC(COC)NC(C)c1cccnc1. The summed E-state index contributed by atoms with van der Waals surface area (Å²) >= 11 is 0. The van der Waals surface area contributed by atoms with Gasteiger partial charge in [-0.2, -0.15) is 0 Å². The van der Waals surface area contributed by atoms with Crippen molar-refractivity contribution in [2.75, 3.05) is 13.7 Å². The molecule has 1 aromatic heterocycles. The number of aromatic nitrogens is 1. The summed E-state index contributed by atoms with van der Waals surface area (Å²) in [5.74, 6) is 0. The van der Waals surface area contributed by atoms with Crippen molar-refractivity contribution >= 4 is 0 Å². The summed E-state index contributed by atoms with van der Waals surface area (Å²) in [5.41, 5.74) is 1.22. The molecule has 0 fully saturated rings. The highest BCUT2D eigenvalue weighted by molar-refractivity contribution is 5.12. The van der Waals surface area contributed by atoms with Gasteiger partial charge in [0.25, 0.3) is 0 Å². The molecule has 3 nitrogen and oxygen atoms in total. The first-order valence-corrected chi connectivity index (χ1v) is 5.92. The second kappa shape index (κ2) is 7.36. The fraction of sp³-hybridized carbons (Fsp3) is 0.615. The predicted molar refractivity (Wildman–Crippen MR) is 66.4 cm³/mol. The first-order chi connectivity index (χ1) is 7.77. The van der Waals surface area contributed by atoms with Crippen LogP contribution in [0.5, 0.6) is 0 Å². The Labute approximate surface area is 98.2 Å². The molecule has 0 aliphatic rings. The molecule has 1 heterocycles. The van der Waals surface area contributed by atoms with Crippen molar-refractivity contribution in [2.24, 2.45) is 0 Å². The average Bonchev–Trinajstić information content (AvgIpc) is 2.31. The monoisotopic (exact) mass is 222 g/mol. The normalized spacial score (nSPS) is 14.7. The lowest BCUT2D eigenvalue weighted by Gasteiger charge is -2.22. The van der Waals surface area contributed by atoms with Crippen LogP contribution in [0.1, 0.15) is 38.3 Å². The molecule has 2 atom stereocenters. The van der Waals surface area contributed by atoms with Crippen LogP contribution in [0.3, 0.4) is 0 Å². The Hall–Kier alpha value is -0.930. The molecule has 1 rings (SSSR count). The van der Waals surface area contributed by atoms with Crippen molar-refractivity contribution < 1.29 is 4.74 Å². The summed E-state index contributed by atoms with van der Waals surface area (Å²) in [7, 11) is 1.75. The van der Waals surface area contributed by atoms with E-state index in [1.807, 2.05) is 12.3 Å². The van der Waals surface area contributed by atoms with E-state index in [-0.39, 0.29) is 0 Å². The molecule has 0 amide bonds. The van der Waals surface area contributed by atoms with Crippen molar-refractivity contribution in [1.82, 2.24) is 10.3 Å². The van der Waals surface area contributed by atoms with E-state index in [9.17, 15) is 0 Å². The van der Waals surface area contributed by atoms with Crippen LogP contribution in [0.4, 0.5) is 0 Å². The van der Waals surface area contributed by atoms with E-state index in [2.05, 4.69) is 30.2 Å². The number of hydrogen-bond donors (Lipinski definition) is 1. The van der Waals surface area contributed by atoms with Gasteiger partial charge < -0.3 is 10.1 Å². The first kappa shape index (κ1) is 13.1. The lowest BCUT2D eigenvalue weighted by atomic mass is 10.1. The number of ether oxygens (including phenoxy) is 1. The van der Waals surface area contributed by atoms with Crippen LogP contribution in [-0.2, 0) is 4.74 Å². The van der Waals surface area contributed by atoms with Crippen LogP contribution in [0.25, 0.3) is 0 Å². The highest BCUT2D eigenvalue weighted by atomic mass is 16.5. The second-order valence-corrected chi connectivity index (χ2v) is 4.12. The Bertz CT molecular complexity index is 271. The van der Waals surface area contributed by atoms with E-state index in [0.29, 0.717) is 12.1 Å². The predicted octanol–water partition coefficient (Wildman–Crippen LogP) is 2.55. The quantitative estimate of drug-likeness (QED) is 0.770. The summed E-state index contributed by atoms with van der Waals surface area (Å²) in [6.07, 6.45) is 6.02. The van der Waals surface area contributed by atoms with Crippen LogP contribution >= 0.6 is 0 Å². The largest absolute Gasteiger partial charge is 0.383 e. The molecule has 1 N–H and O–H groups in total. The van der Waals surface area contributed by atoms with Gasteiger partial charge in [-0.1, -0.05) is 19.4 Å². The van der Waals surface area contributed by atoms with Crippen molar-refractivity contribution in [2.45, 2.75) is 38.8 Å². The van der Waals surface area contributed by atoms with E-state index in [1.54, 1.807) is 13.3 Å². The fourth-order valence-corrected chi connectivity index (χ4v) is 1.85. The molecule has 2 unspecified atom stereocenters. The topological polar surface area (TPSA) is 34.1 Å². The molecule has 0 aromatic carbocycles. The highest BCUT2D eigenvalue weighted by Gasteiger charge is 2.12. The zero-order chi connectivity index (χ0) is 11.8. The molecule has 0 bridgehead atoms. The molecule has 1 aromatic rings. The van der Waals surface area contributed by atoms with Gasteiger partial charge in [-0.05, 0) is 25.0 Å². The number of nitrogens with one attached hydrogen (secondary N) is 1. The lowest BCUT2D eigenvalue weighted by Crippen LogP contribution is -2.35. The molecule has 90 valence electrons. The first-order valence-electron chi connectivity index (χ1n) is 5.92. The number of nitrogens with zero attached hydrogens (tertiary/aromatic N) is 1. The zero-order valence-corrected chi connectivity index (χ0v) is 10.4. The molecule has 0 spiro atoms. The average molecular weight is 222 g/mol. The van der Waals surface area contributed by atoms with E-state index < -0.39 is 0 Å². The molecular weight excluding hydrogens is 200 g/mol. The van der Waals surface area contributed by atoms with Gasteiger partial charge in [0.15, 0.2) is 0 Å². The molecule has 0 aliphatic heterocycles. The van der Waals surface area contributed by atoms with Crippen LogP contribution in [0.2, 0.25) is 0 Å². The second-order valence-electron chi connectivity index (χ2n) is 4.12. The van der Waals surface area contributed by atoms with Crippen LogP contribution in [0, 0.1) is 0 Å². The van der Waals surface area contributed by atoms with Gasteiger partial charge in [0.1, 0.15) is 0 Å². The summed E-state index contributed by atoms with van der Waals surface area (Å²) in [5, 5.41) is 3.57. The zero-order valence-electron chi connectivity index (χ0n) is 10.4. The third kappa shape index (κ3) is 4.29. The summed E-state index contributed by atoms with van der Waals surface area (Å²) in [4.78, 5) is 4.13. The molecule has 0 aliphatic carbocycles. The van der Waals surface area contributed by atoms with Crippen molar-refractivity contribution in [3.8, 4) is 0 Å². The maximum Gasteiger partial charge on any atom is 0.0616 e. The maximum absolute atomic E-state index is 5.22. The minimum absolute atomic E-state index is 0.320. The summed E-state index contributed by atoms with van der Waals surface area (Å²) in [6, 6.07) is 4.81. The van der Waals surface area contributed by atoms with Gasteiger partial charge >= 0.3 is 0 Å². The lowest BCUT2D eigenvalue weighted by molar-refractivity contribution is 0.157. The third-order valence-electron chi connectivity index (χ3n) is 2.68. The van der Waals surface area contributed by atoms with Gasteiger partial charge in [0.05, 0.1) is 6.61 Å². The molecule has 3 heteroatoms. The van der Waals surface area contributed by atoms with E-state index in [0.717, 1.165) is 13.0 Å². The number of hydrogen-bond acceptors (Lipinski definition) is 3. The number of pyridine rings is 1.